The summed E-state index contributed by atoms with van der Waals surface area (Å²) < 4.78 is 47.2. The summed E-state index contributed by atoms with van der Waals surface area (Å²) >= 11 is 5.98. The summed E-state index contributed by atoms with van der Waals surface area (Å²) in [4.78, 5) is 0. The molecule has 0 spiro atoms. The molecule has 0 bridgehead atoms. The molecule has 9 nitrogen and oxygen atoms in total. The number of aryl methyl sites for hydroxylation is 1. The van der Waals surface area contributed by atoms with Gasteiger partial charge in [-0.25, -0.2) is 12.7 Å². The molecule has 0 N–H and O–H groups in total. The van der Waals surface area contributed by atoms with E-state index in [2.05, 4.69) is 10.2 Å². The molecular weight excluding hydrogens is 516 g/mol. The fourth-order valence-corrected chi connectivity index (χ4v) is 5.71. The number of benzene rings is 2. The van der Waals surface area contributed by atoms with Crippen LogP contribution in [0.1, 0.15) is 24.5 Å². The maximum atomic E-state index is 13.7. The topological polar surface area (TPSA) is 99.7 Å². The molecule has 0 saturated carbocycles. The van der Waals surface area contributed by atoms with Gasteiger partial charge in [0.25, 0.3) is 0 Å². The van der Waals surface area contributed by atoms with E-state index in [4.69, 9.17) is 25.5 Å². The van der Waals surface area contributed by atoms with Crippen molar-refractivity contribution < 1.29 is 22.3 Å². The van der Waals surface area contributed by atoms with Gasteiger partial charge in [-0.3, -0.25) is 4.57 Å². The van der Waals surface area contributed by atoms with Crippen LogP contribution in [0.4, 0.5) is 5.95 Å². The summed E-state index contributed by atoms with van der Waals surface area (Å²) in [7, 11) is -0.656. The van der Waals surface area contributed by atoms with Crippen molar-refractivity contribution in [1.29, 1.82) is 0 Å². The lowest BCUT2D eigenvalue weighted by Gasteiger charge is -2.25. The summed E-state index contributed by atoms with van der Waals surface area (Å²) in [6.07, 6.45) is 2.42. The van der Waals surface area contributed by atoms with E-state index in [1.165, 1.54) is 10.6 Å². The Labute approximate surface area is 221 Å². The van der Waals surface area contributed by atoms with E-state index in [9.17, 15) is 8.42 Å². The first-order chi connectivity index (χ1) is 17.9. The van der Waals surface area contributed by atoms with Crippen LogP contribution in [0.5, 0.6) is 5.75 Å². The van der Waals surface area contributed by atoms with Gasteiger partial charge in [0, 0.05) is 24.2 Å². The summed E-state index contributed by atoms with van der Waals surface area (Å²) in [6, 6.07) is 16.2. The number of sulfonamides is 1. The molecule has 0 aliphatic rings. The third-order valence-corrected chi connectivity index (χ3v) is 7.75. The normalized spacial score (nSPS) is 11.6. The molecular formula is C26H29ClN4O5S. The van der Waals surface area contributed by atoms with Gasteiger partial charge in [-0.2, -0.15) is 0 Å². The molecule has 0 atom stereocenters. The fraction of sp³-hybridized carbons (Fsp3) is 0.308. The quantitative estimate of drug-likeness (QED) is 0.244. The van der Waals surface area contributed by atoms with Crippen LogP contribution in [0.15, 0.2) is 65.3 Å². The number of furan rings is 1. The van der Waals surface area contributed by atoms with Crippen molar-refractivity contribution in [3.8, 4) is 23.0 Å². The maximum Gasteiger partial charge on any atom is 0.246 e. The molecule has 0 amide bonds. The molecule has 0 unspecified atom stereocenters. The lowest BCUT2D eigenvalue weighted by Crippen LogP contribution is -2.36. The van der Waals surface area contributed by atoms with E-state index < -0.39 is 10.0 Å². The first-order valence-corrected chi connectivity index (χ1v) is 13.8. The third kappa shape index (κ3) is 5.82. The van der Waals surface area contributed by atoms with Gasteiger partial charge in [-0.15, -0.1) is 10.2 Å². The van der Waals surface area contributed by atoms with Gasteiger partial charge in [0.2, 0.25) is 21.8 Å². The zero-order valence-electron chi connectivity index (χ0n) is 20.9. The number of hydrogen-bond donors (Lipinski definition) is 0. The zero-order chi connectivity index (χ0) is 26.4. The fourth-order valence-electron chi connectivity index (χ4n) is 4.04. The van der Waals surface area contributed by atoms with Gasteiger partial charge in [-0.05, 0) is 48.7 Å². The molecule has 11 heteroatoms. The molecule has 2 aromatic heterocycles. The minimum absolute atomic E-state index is 0.117. The molecule has 2 aromatic carbocycles. The van der Waals surface area contributed by atoms with Crippen LogP contribution in [0.25, 0.3) is 17.3 Å². The van der Waals surface area contributed by atoms with Crippen molar-refractivity contribution in [2.45, 2.75) is 26.4 Å². The molecule has 0 aliphatic carbocycles. The van der Waals surface area contributed by atoms with Crippen molar-refractivity contribution in [1.82, 2.24) is 14.8 Å². The van der Waals surface area contributed by atoms with Crippen LogP contribution in [-0.2, 0) is 27.8 Å². The number of ether oxygens (including phenoxy) is 2. The van der Waals surface area contributed by atoms with Crippen molar-refractivity contribution in [3.05, 3.63) is 77.0 Å². The Morgan fingerprint density at radius 1 is 1.05 bits per heavy atom. The number of nitrogens with zero attached hydrogens (tertiary/aromatic N) is 4. The second kappa shape index (κ2) is 11.8. The van der Waals surface area contributed by atoms with Crippen LogP contribution < -0.4 is 9.04 Å². The first-order valence-electron chi connectivity index (χ1n) is 11.8. The minimum Gasteiger partial charge on any atom is -0.495 e. The zero-order valence-corrected chi connectivity index (χ0v) is 22.5. The molecule has 0 fully saturated rings. The number of halogens is 1. The molecule has 2 heterocycles. The molecule has 0 radical (unpaired) electrons. The SMILES string of the molecule is CCCN(c1nnc(-c2ccco2)n1-c1c(COC)cccc1OC)S(=O)(=O)CCc1ccc(Cl)cc1. The van der Waals surface area contributed by atoms with E-state index in [1.54, 1.807) is 49.1 Å². The Hall–Kier alpha value is -3.34. The lowest BCUT2D eigenvalue weighted by atomic mass is 10.1. The summed E-state index contributed by atoms with van der Waals surface area (Å²) in [5.74, 6) is 1.32. The van der Waals surface area contributed by atoms with Gasteiger partial charge in [-0.1, -0.05) is 42.8 Å². The Kier molecular flexibility index (Phi) is 8.52. The highest BCUT2D eigenvalue weighted by Crippen LogP contribution is 2.36. The lowest BCUT2D eigenvalue weighted by molar-refractivity contribution is 0.184. The number of aromatic nitrogens is 3. The summed E-state index contributed by atoms with van der Waals surface area (Å²) in [5.41, 5.74) is 2.22. The Bertz CT molecular complexity index is 1420. The molecule has 0 aliphatic heterocycles. The van der Waals surface area contributed by atoms with Crippen molar-refractivity contribution >= 4 is 27.6 Å². The predicted octanol–water partition coefficient (Wildman–Crippen LogP) is 5.12. The van der Waals surface area contributed by atoms with E-state index in [0.29, 0.717) is 40.9 Å². The van der Waals surface area contributed by atoms with E-state index in [1.807, 2.05) is 31.2 Å². The van der Waals surface area contributed by atoms with Gasteiger partial charge in [0.15, 0.2) is 5.76 Å². The Morgan fingerprint density at radius 3 is 2.49 bits per heavy atom. The number of hydrogen-bond acceptors (Lipinski definition) is 7. The van der Waals surface area contributed by atoms with Crippen LogP contribution in [-0.4, -0.2) is 49.7 Å². The molecule has 196 valence electrons. The highest BCUT2D eigenvalue weighted by molar-refractivity contribution is 7.92. The molecule has 37 heavy (non-hydrogen) atoms. The maximum absolute atomic E-state index is 13.7. The second-order valence-electron chi connectivity index (χ2n) is 8.30. The number of para-hydroxylation sites is 1. The van der Waals surface area contributed by atoms with E-state index in [-0.39, 0.29) is 24.9 Å². The highest BCUT2D eigenvalue weighted by Gasteiger charge is 2.31. The third-order valence-electron chi connectivity index (χ3n) is 5.76. The van der Waals surface area contributed by atoms with Gasteiger partial charge in [0.05, 0.1) is 31.4 Å². The molecule has 4 rings (SSSR count). The van der Waals surface area contributed by atoms with Crippen LogP contribution >= 0.6 is 11.6 Å². The largest absolute Gasteiger partial charge is 0.495 e. The molecule has 0 saturated heterocycles. The van der Waals surface area contributed by atoms with E-state index in [0.717, 1.165) is 11.1 Å². The standard InChI is InChI=1S/C26H29ClN4O5S/c1-4-15-30(37(32,33)17-14-19-10-12-21(27)13-11-19)26-29-28-25(23-9-6-16-36-23)31(26)24-20(18-34-2)7-5-8-22(24)35-3/h5-13,16H,4,14-15,17-18H2,1-3H3. The minimum atomic E-state index is -3.80. The van der Waals surface area contributed by atoms with Gasteiger partial charge >= 0.3 is 0 Å². The summed E-state index contributed by atoms with van der Waals surface area (Å²) in [5, 5.41) is 9.32. The first kappa shape index (κ1) is 26.7. The average Bonchev–Trinajstić information content (AvgIpc) is 3.57. The van der Waals surface area contributed by atoms with Crippen molar-refractivity contribution in [2.24, 2.45) is 0 Å². The van der Waals surface area contributed by atoms with Crippen LogP contribution in [0.3, 0.4) is 0 Å². The molecule has 4 aromatic rings. The van der Waals surface area contributed by atoms with Crippen molar-refractivity contribution in [3.63, 3.8) is 0 Å². The van der Waals surface area contributed by atoms with E-state index >= 15 is 0 Å². The second-order valence-corrected chi connectivity index (χ2v) is 10.8. The number of anilines is 1. The Balaban J connectivity index is 1.86. The number of rotatable bonds is 12. The number of methoxy groups -OCH3 is 2. The summed E-state index contributed by atoms with van der Waals surface area (Å²) in [6.45, 7) is 2.39. The van der Waals surface area contributed by atoms with Gasteiger partial charge in [0.1, 0.15) is 5.75 Å². The van der Waals surface area contributed by atoms with Gasteiger partial charge < -0.3 is 13.9 Å². The smallest absolute Gasteiger partial charge is 0.246 e. The average molecular weight is 545 g/mol. The highest BCUT2D eigenvalue weighted by atomic mass is 35.5. The predicted molar refractivity (Wildman–Crippen MR) is 143 cm³/mol. The van der Waals surface area contributed by atoms with Crippen LogP contribution in [0.2, 0.25) is 5.02 Å². The van der Waals surface area contributed by atoms with Crippen LogP contribution in [0, 0.1) is 0 Å². The van der Waals surface area contributed by atoms with Crippen molar-refractivity contribution in [2.75, 3.05) is 30.8 Å². The monoisotopic (exact) mass is 544 g/mol. The Morgan fingerprint density at radius 2 is 1.84 bits per heavy atom.